The molecule has 0 aromatic carbocycles. The van der Waals surface area contributed by atoms with E-state index in [9.17, 15) is 14.4 Å². The summed E-state index contributed by atoms with van der Waals surface area (Å²) >= 11 is 0. The van der Waals surface area contributed by atoms with Crippen molar-refractivity contribution in [2.45, 2.75) is 32.2 Å². The number of carbonyl (C=O) groups excluding carboxylic acids is 3. The zero-order valence-electron chi connectivity index (χ0n) is 8.87. The van der Waals surface area contributed by atoms with Gasteiger partial charge in [-0.1, -0.05) is 13.8 Å². The van der Waals surface area contributed by atoms with Crippen molar-refractivity contribution in [3.8, 4) is 0 Å². The van der Waals surface area contributed by atoms with Crippen molar-refractivity contribution in [2.75, 3.05) is 6.54 Å². The fourth-order valence-corrected chi connectivity index (χ4v) is 1.44. The highest BCUT2D eigenvalue weighted by Gasteiger charge is 2.49. The molecule has 1 heterocycles. The smallest absolute Gasteiger partial charge is 0.309 e. The van der Waals surface area contributed by atoms with Crippen molar-refractivity contribution >= 4 is 17.8 Å². The van der Waals surface area contributed by atoms with Crippen LogP contribution in [0.3, 0.4) is 0 Å². The molecule has 0 radical (unpaired) electrons. The highest BCUT2D eigenvalue weighted by Crippen LogP contribution is 2.16. The maximum absolute atomic E-state index is 11.8. The number of nitrogens with one attached hydrogen (secondary N) is 1. The van der Waals surface area contributed by atoms with Crippen molar-refractivity contribution < 1.29 is 14.4 Å². The molecule has 4 amide bonds. The van der Waals surface area contributed by atoms with E-state index in [1.165, 1.54) is 0 Å². The molecule has 0 aromatic heterocycles. The third-order valence-corrected chi connectivity index (χ3v) is 2.50. The SMILES string of the molecule is CCCN1C(=O)NC(=O)C(N)(CC)C1=O. The number of carbonyl (C=O) groups is 3. The van der Waals surface area contributed by atoms with Gasteiger partial charge in [0.15, 0.2) is 5.54 Å². The first-order chi connectivity index (χ1) is 6.97. The number of urea groups is 1. The third-order valence-electron chi connectivity index (χ3n) is 2.50. The molecule has 1 fully saturated rings. The van der Waals surface area contributed by atoms with Crippen molar-refractivity contribution in [1.82, 2.24) is 10.2 Å². The van der Waals surface area contributed by atoms with Gasteiger partial charge in [0.05, 0.1) is 0 Å². The first-order valence-electron chi connectivity index (χ1n) is 4.93. The molecule has 1 aliphatic heterocycles. The number of nitrogens with zero attached hydrogens (tertiary/aromatic N) is 1. The minimum atomic E-state index is -1.59. The van der Waals surface area contributed by atoms with Gasteiger partial charge in [-0.25, -0.2) is 4.79 Å². The monoisotopic (exact) mass is 213 g/mol. The Kier molecular flexibility index (Phi) is 3.09. The standard InChI is InChI=1S/C9H15N3O3/c1-3-5-12-7(14)9(10,4-2)6(13)11-8(12)15/h3-5,10H2,1-2H3,(H,11,13,15). The van der Waals surface area contributed by atoms with Crippen LogP contribution in [0.1, 0.15) is 26.7 Å². The van der Waals surface area contributed by atoms with Gasteiger partial charge in [0.2, 0.25) is 0 Å². The number of amides is 4. The van der Waals surface area contributed by atoms with E-state index < -0.39 is 23.4 Å². The highest BCUT2D eigenvalue weighted by molar-refractivity contribution is 6.22. The predicted molar refractivity (Wildman–Crippen MR) is 52.8 cm³/mol. The maximum Gasteiger partial charge on any atom is 0.330 e. The Morgan fingerprint density at radius 1 is 1.33 bits per heavy atom. The molecular formula is C9H15N3O3. The summed E-state index contributed by atoms with van der Waals surface area (Å²) in [6.07, 6.45) is 0.804. The zero-order chi connectivity index (χ0) is 11.6. The van der Waals surface area contributed by atoms with Crippen LogP contribution in [0.4, 0.5) is 4.79 Å². The molecule has 0 spiro atoms. The van der Waals surface area contributed by atoms with Crippen LogP contribution < -0.4 is 11.1 Å². The molecule has 0 saturated carbocycles. The Bertz CT molecular complexity index is 316. The van der Waals surface area contributed by atoms with Crippen molar-refractivity contribution in [3.05, 3.63) is 0 Å². The van der Waals surface area contributed by atoms with Crippen LogP contribution in [0.2, 0.25) is 0 Å². The summed E-state index contributed by atoms with van der Waals surface area (Å²) in [6, 6.07) is -0.679. The van der Waals surface area contributed by atoms with E-state index in [4.69, 9.17) is 5.73 Å². The maximum atomic E-state index is 11.8. The Labute approximate surface area is 87.8 Å². The lowest BCUT2D eigenvalue weighted by Crippen LogP contribution is -2.71. The minimum absolute atomic E-state index is 0.172. The van der Waals surface area contributed by atoms with E-state index in [1.54, 1.807) is 6.92 Å². The summed E-state index contributed by atoms with van der Waals surface area (Å²) in [6.45, 7) is 3.75. The van der Waals surface area contributed by atoms with Crippen molar-refractivity contribution in [2.24, 2.45) is 5.73 Å². The molecule has 0 aromatic rings. The lowest BCUT2D eigenvalue weighted by molar-refractivity contribution is -0.144. The second kappa shape index (κ2) is 3.98. The molecule has 0 bridgehead atoms. The Hall–Kier alpha value is -1.43. The second-order valence-electron chi connectivity index (χ2n) is 3.54. The predicted octanol–water partition coefficient (Wildman–Crippen LogP) is -0.418. The Balaban J connectivity index is 3.00. The molecule has 1 rings (SSSR count). The van der Waals surface area contributed by atoms with Gasteiger partial charge in [-0.2, -0.15) is 0 Å². The van der Waals surface area contributed by atoms with Gasteiger partial charge in [-0.3, -0.25) is 19.8 Å². The van der Waals surface area contributed by atoms with Crippen LogP contribution in [0.25, 0.3) is 0 Å². The summed E-state index contributed by atoms with van der Waals surface area (Å²) in [5, 5.41) is 2.09. The topological polar surface area (TPSA) is 92.5 Å². The fraction of sp³-hybridized carbons (Fsp3) is 0.667. The molecule has 0 aliphatic carbocycles. The molecule has 1 atom stereocenters. The number of imide groups is 2. The summed E-state index contributed by atoms with van der Waals surface area (Å²) in [4.78, 5) is 35.5. The van der Waals surface area contributed by atoms with E-state index in [2.05, 4.69) is 5.32 Å². The van der Waals surface area contributed by atoms with Gasteiger partial charge in [-0.05, 0) is 12.8 Å². The van der Waals surface area contributed by atoms with Crippen LogP contribution in [0.5, 0.6) is 0 Å². The van der Waals surface area contributed by atoms with Gasteiger partial charge in [0, 0.05) is 6.54 Å². The highest BCUT2D eigenvalue weighted by atomic mass is 16.2. The molecule has 15 heavy (non-hydrogen) atoms. The van der Waals surface area contributed by atoms with Crippen LogP contribution in [0.15, 0.2) is 0 Å². The molecule has 6 heteroatoms. The number of hydrogen-bond acceptors (Lipinski definition) is 4. The lowest BCUT2D eigenvalue weighted by atomic mass is 9.92. The quantitative estimate of drug-likeness (QED) is 0.623. The van der Waals surface area contributed by atoms with Crippen molar-refractivity contribution in [3.63, 3.8) is 0 Å². The summed E-state index contributed by atoms with van der Waals surface area (Å²) in [5.74, 6) is -1.33. The summed E-state index contributed by atoms with van der Waals surface area (Å²) in [7, 11) is 0. The fourth-order valence-electron chi connectivity index (χ4n) is 1.44. The molecule has 3 N–H and O–H groups in total. The van der Waals surface area contributed by atoms with E-state index >= 15 is 0 Å². The normalized spacial score (nSPS) is 26.9. The average molecular weight is 213 g/mol. The summed E-state index contributed by atoms with van der Waals surface area (Å²) in [5.41, 5.74) is 4.08. The minimum Gasteiger partial charge on any atom is -0.309 e. The van der Waals surface area contributed by atoms with Gasteiger partial charge in [0.1, 0.15) is 0 Å². The largest absolute Gasteiger partial charge is 0.330 e. The average Bonchev–Trinajstić information content (AvgIpc) is 2.21. The zero-order valence-corrected chi connectivity index (χ0v) is 8.87. The van der Waals surface area contributed by atoms with Crippen LogP contribution in [-0.4, -0.2) is 34.8 Å². The van der Waals surface area contributed by atoms with E-state index in [0.717, 1.165) is 4.90 Å². The second-order valence-corrected chi connectivity index (χ2v) is 3.54. The van der Waals surface area contributed by atoms with Gasteiger partial charge in [-0.15, -0.1) is 0 Å². The Morgan fingerprint density at radius 3 is 2.40 bits per heavy atom. The number of hydrogen-bond donors (Lipinski definition) is 2. The third kappa shape index (κ3) is 1.72. The number of rotatable bonds is 3. The van der Waals surface area contributed by atoms with Gasteiger partial charge >= 0.3 is 6.03 Å². The van der Waals surface area contributed by atoms with E-state index in [0.29, 0.717) is 6.42 Å². The molecule has 84 valence electrons. The number of nitrogens with two attached hydrogens (primary N) is 1. The van der Waals surface area contributed by atoms with E-state index in [1.807, 2.05) is 6.92 Å². The van der Waals surface area contributed by atoms with Crippen LogP contribution in [0, 0.1) is 0 Å². The summed E-state index contributed by atoms with van der Waals surface area (Å²) < 4.78 is 0. The van der Waals surface area contributed by atoms with Crippen molar-refractivity contribution in [1.29, 1.82) is 0 Å². The van der Waals surface area contributed by atoms with Crippen LogP contribution in [-0.2, 0) is 9.59 Å². The molecule has 6 nitrogen and oxygen atoms in total. The first-order valence-corrected chi connectivity index (χ1v) is 4.93. The molecule has 1 saturated heterocycles. The van der Waals surface area contributed by atoms with Gasteiger partial charge in [0.25, 0.3) is 11.8 Å². The molecule has 1 aliphatic rings. The Morgan fingerprint density at radius 2 is 1.93 bits per heavy atom. The number of barbiturate groups is 1. The first kappa shape index (κ1) is 11.6. The van der Waals surface area contributed by atoms with Gasteiger partial charge < -0.3 is 5.73 Å². The van der Waals surface area contributed by atoms with Crippen LogP contribution >= 0.6 is 0 Å². The lowest BCUT2D eigenvalue weighted by Gasteiger charge is -2.35. The molecular weight excluding hydrogens is 198 g/mol. The van der Waals surface area contributed by atoms with E-state index in [-0.39, 0.29) is 13.0 Å². The molecule has 1 unspecified atom stereocenters.